The van der Waals surface area contributed by atoms with Crippen molar-refractivity contribution in [3.05, 3.63) is 42.5 Å². The molecule has 0 saturated carbocycles. The van der Waals surface area contributed by atoms with E-state index in [-0.39, 0.29) is 5.92 Å². The van der Waals surface area contributed by atoms with Gasteiger partial charge in [-0.05, 0) is 18.1 Å². The van der Waals surface area contributed by atoms with Crippen LogP contribution in [0, 0.1) is 17.2 Å². The molecular formula is C20H19F3N6O. The van der Waals surface area contributed by atoms with Gasteiger partial charge in [0, 0.05) is 41.3 Å². The third-order valence-electron chi connectivity index (χ3n) is 4.44. The van der Waals surface area contributed by atoms with Crippen LogP contribution in [0.25, 0.3) is 22.2 Å². The van der Waals surface area contributed by atoms with Gasteiger partial charge in [-0.1, -0.05) is 13.8 Å². The van der Waals surface area contributed by atoms with Gasteiger partial charge in [0.15, 0.2) is 0 Å². The number of hydrogen-bond donors (Lipinski definition) is 3. The van der Waals surface area contributed by atoms with Crippen LogP contribution in [0.1, 0.15) is 19.4 Å². The normalized spacial score (nSPS) is 12.6. The quantitative estimate of drug-likeness (QED) is 0.569. The lowest BCUT2D eigenvalue weighted by Gasteiger charge is -2.23. The van der Waals surface area contributed by atoms with Gasteiger partial charge in [-0.2, -0.15) is 18.4 Å². The fraction of sp³-hybridized carbons (Fsp3) is 0.300. The fourth-order valence-corrected chi connectivity index (χ4v) is 2.98. The molecule has 0 saturated heterocycles. The molecule has 0 radical (unpaired) electrons. The SMILES string of the molecule is CC(C)C(Nc1cncc(-c2c[nH]c3ncc(C#N)cc23)c1)C(=O)NCC(F)(F)F. The predicted molar refractivity (Wildman–Crippen MR) is 105 cm³/mol. The van der Waals surface area contributed by atoms with Crippen LogP contribution in [0.15, 0.2) is 36.9 Å². The van der Waals surface area contributed by atoms with Gasteiger partial charge < -0.3 is 15.6 Å². The molecule has 1 amide bonds. The Labute approximate surface area is 170 Å². The monoisotopic (exact) mass is 416 g/mol. The summed E-state index contributed by atoms with van der Waals surface area (Å²) in [6.45, 7) is 2.08. The summed E-state index contributed by atoms with van der Waals surface area (Å²) in [6, 6.07) is 4.61. The zero-order valence-corrected chi connectivity index (χ0v) is 16.2. The van der Waals surface area contributed by atoms with Crippen molar-refractivity contribution in [1.29, 1.82) is 5.26 Å². The summed E-state index contributed by atoms with van der Waals surface area (Å²) < 4.78 is 37.3. The molecule has 0 fully saturated rings. The maximum Gasteiger partial charge on any atom is 0.405 e. The van der Waals surface area contributed by atoms with Crippen LogP contribution < -0.4 is 10.6 Å². The summed E-state index contributed by atoms with van der Waals surface area (Å²) in [7, 11) is 0. The third-order valence-corrected chi connectivity index (χ3v) is 4.44. The zero-order valence-electron chi connectivity index (χ0n) is 16.2. The Bertz CT molecular complexity index is 1100. The number of carbonyl (C=O) groups excluding carboxylic acids is 1. The highest BCUT2D eigenvalue weighted by atomic mass is 19.4. The first-order valence-corrected chi connectivity index (χ1v) is 9.11. The Kier molecular flexibility index (Phi) is 5.91. The van der Waals surface area contributed by atoms with Gasteiger partial charge in [0.25, 0.3) is 0 Å². The lowest BCUT2D eigenvalue weighted by molar-refractivity contribution is -0.139. The zero-order chi connectivity index (χ0) is 21.9. The number of nitriles is 1. The molecule has 3 heterocycles. The van der Waals surface area contributed by atoms with Gasteiger partial charge in [0.2, 0.25) is 5.91 Å². The van der Waals surface area contributed by atoms with E-state index in [0.717, 1.165) is 10.9 Å². The molecule has 0 aliphatic carbocycles. The average molecular weight is 416 g/mol. The second kappa shape index (κ2) is 8.41. The summed E-state index contributed by atoms with van der Waals surface area (Å²) in [5.41, 5.74) is 2.95. The van der Waals surface area contributed by atoms with Gasteiger partial charge >= 0.3 is 6.18 Å². The second-order valence-electron chi connectivity index (χ2n) is 7.10. The van der Waals surface area contributed by atoms with E-state index in [1.807, 2.05) is 11.4 Å². The minimum atomic E-state index is -4.48. The Balaban J connectivity index is 1.86. The highest BCUT2D eigenvalue weighted by Gasteiger charge is 2.30. The molecule has 0 aromatic carbocycles. The number of nitrogens with zero attached hydrogens (tertiary/aromatic N) is 3. The van der Waals surface area contributed by atoms with Crippen LogP contribution in [0.5, 0.6) is 0 Å². The Morgan fingerprint density at radius 1 is 1.27 bits per heavy atom. The highest BCUT2D eigenvalue weighted by molar-refractivity contribution is 5.94. The van der Waals surface area contributed by atoms with Crippen LogP contribution >= 0.6 is 0 Å². The summed E-state index contributed by atoms with van der Waals surface area (Å²) in [4.78, 5) is 23.7. The molecule has 3 N–H and O–H groups in total. The van der Waals surface area contributed by atoms with E-state index in [4.69, 9.17) is 5.26 Å². The van der Waals surface area contributed by atoms with Crippen LogP contribution in [-0.4, -0.2) is 39.6 Å². The maximum atomic E-state index is 12.4. The van der Waals surface area contributed by atoms with Crippen molar-refractivity contribution in [3.8, 4) is 17.2 Å². The molecule has 0 spiro atoms. The molecule has 1 unspecified atom stereocenters. The standard InChI is InChI=1S/C20H19F3N6O/c1-11(2)17(19(30)28-10-20(21,22)23)29-14-4-13(7-25-8-14)16-9-27-18-15(16)3-12(5-24)6-26-18/h3-4,6-9,11,17,29H,10H2,1-2H3,(H,26,27)(H,28,30). The largest absolute Gasteiger partial charge is 0.405 e. The van der Waals surface area contributed by atoms with Crippen LogP contribution in [0.2, 0.25) is 0 Å². The Hall–Kier alpha value is -3.61. The number of aromatic amines is 1. The second-order valence-corrected chi connectivity index (χ2v) is 7.10. The molecule has 30 heavy (non-hydrogen) atoms. The van der Waals surface area contributed by atoms with E-state index in [1.165, 1.54) is 12.4 Å². The molecule has 1 atom stereocenters. The van der Waals surface area contributed by atoms with Gasteiger partial charge in [0.05, 0.1) is 11.3 Å². The van der Waals surface area contributed by atoms with Crippen molar-refractivity contribution in [2.45, 2.75) is 26.1 Å². The van der Waals surface area contributed by atoms with Gasteiger partial charge in [-0.15, -0.1) is 0 Å². The van der Waals surface area contributed by atoms with Crippen LogP contribution in [0.3, 0.4) is 0 Å². The summed E-state index contributed by atoms with van der Waals surface area (Å²) in [5, 5.41) is 14.7. The number of halogens is 3. The van der Waals surface area contributed by atoms with Crippen LogP contribution in [-0.2, 0) is 4.79 Å². The molecule has 3 aromatic heterocycles. The average Bonchev–Trinajstić information content (AvgIpc) is 3.12. The van der Waals surface area contributed by atoms with E-state index >= 15 is 0 Å². The Morgan fingerprint density at radius 3 is 2.70 bits per heavy atom. The highest BCUT2D eigenvalue weighted by Crippen LogP contribution is 2.29. The minimum absolute atomic E-state index is 0.266. The van der Waals surface area contributed by atoms with E-state index < -0.39 is 24.7 Å². The molecule has 3 rings (SSSR count). The number of pyridine rings is 2. The third kappa shape index (κ3) is 4.86. The number of aromatic nitrogens is 3. The molecule has 156 valence electrons. The number of amides is 1. The fourth-order valence-electron chi connectivity index (χ4n) is 2.98. The topological polar surface area (TPSA) is 106 Å². The van der Waals surface area contributed by atoms with Crippen molar-refractivity contribution in [2.24, 2.45) is 5.92 Å². The van der Waals surface area contributed by atoms with Gasteiger partial charge in [0.1, 0.15) is 24.3 Å². The van der Waals surface area contributed by atoms with E-state index in [2.05, 4.69) is 20.3 Å². The van der Waals surface area contributed by atoms with E-state index in [0.29, 0.717) is 22.5 Å². The molecular weight excluding hydrogens is 397 g/mol. The lowest BCUT2D eigenvalue weighted by atomic mass is 10.0. The number of H-pyrrole nitrogens is 1. The van der Waals surface area contributed by atoms with Crippen molar-refractivity contribution in [2.75, 3.05) is 11.9 Å². The lowest BCUT2D eigenvalue weighted by Crippen LogP contribution is -2.46. The molecule has 10 heteroatoms. The number of rotatable bonds is 6. The van der Waals surface area contributed by atoms with Crippen LogP contribution in [0.4, 0.5) is 18.9 Å². The number of carbonyl (C=O) groups is 1. The smallest absolute Gasteiger partial charge is 0.372 e. The molecule has 3 aromatic rings. The number of fused-ring (bicyclic) bond motifs is 1. The first-order valence-electron chi connectivity index (χ1n) is 9.11. The molecule has 0 bridgehead atoms. The summed E-state index contributed by atoms with van der Waals surface area (Å²) >= 11 is 0. The molecule has 0 aliphatic rings. The molecule has 7 nitrogen and oxygen atoms in total. The van der Waals surface area contributed by atoms with E-state index in [9.17, 15) is 18.0 Å². The van der Waals surface area contributed by atoms with E-state index in [1.54, 1.807) is 38.4 Å². The summed E-state index contributed by atoms with van der Waals surface area (Å²) in [5.74, 6) is -1.01. The summed E-state index contributed by atoms with van der Waals surface area (Å²) in [6.07, 6.45) is 1.82. The number of alkyl halides is 3. The number of nitrogens with one attached hydrogen (secondary N) is 3. The minimum Gasteiger partial charge on any atom is -0.372 e. The van der Waals surface area contributed by atoms with Crippen molar-refractivity contribution in [1.82, 2.24) is 20.3 Å². The predicted octanol–water partition coefficient (Wildman–Crippen LogP) is 3.61. The van der Waals surface area contributed by atoms with Gasteiger partial charge in [-0.25, -0.2) is 4.98 Å². The van der Waals surface area contributed by atoms with Gasteiger partial charge in [-0.3, -0.25) is 9.78 Å². The van der Waals surface area contributed by atoms with Crippen molar-refractivity contribution in [3.63, 3.8) is 0 Å². The first-order chi connectivity index (χ1) is 14.2. The maximum absolute atomic E-state index is 12.4. The first kappa shape index (κ1) is 21.1. The molecule has 0 aliphatic heterocycles. The number of hydrogen-bond acceptors (Lipinski definition) is 5. The van der Waals surface area contributed by atoms with Crippen molar-refractivity contribution < 1.29 is 18.0 Å². The van der Waals surface area contributed by atoms with Crippen molar-refractivity contribution >= 4 is 22.6 Å². The Morgan fingerprint density at radius 2 is 2.03 bits per heavy atom. The number of anilines is 1.